The molecule has 0 spiro atoms. The molecule has 6 heterocycles. The van der Waals surface area contributed by atoms with E-state index in [1.54, 1.807) is 35.0 Å². The second-order valence-electron chi connectivity index (χ2n) is 13.6. The predicted molar refractivity (Wildman–Crippen MR) is 198 cm³/mol. The number of ether oxygens (including phenoxy) is 6. The summed E-state index contributed by atoms with van der Waals surface area (Å²) < 4.78 is 36.7. The van der Waals surface area contributed by atoms with Gasteiger partial charge < -0.3 is 33.4 Å². The van der Waals surface area contributed by atoms with Crippen molar-refractivity contribution in [3.63, 3.8) is 0 Å². The lowest BCUT2D eigenvalue weighted by atomic mass is 9.96. The van der Waals surface area contributed by atoms with E-state index in [2.05, 4.69) is 9.97 Å². The Morgan fingerprint density at radius 1 is 0.737 bits per heavy atom. The van der Waals surface area contributed by atoms with E-state index in [0.717, 1.165) is 31.2 Å². The maximum atomic E-state index is 14.6. The Morgan fingerprint density at radius 3 is 2.05 bits per heavy atom. The van der Waals surface area contributed by atoms with Crippen LogP contribution >= 0.6 is 0 Å². The number of nitrogens with zero attached hydrogens (tertiary/aromatic N) is 4. The zero-order valence-electron chi connectivity index (χ0n) is 31.0. The Bertz CT molecular complexity index is 2640. The zero-order valence-corrected chi connectivity index (χ0v) is 31.0. The molecule has 1 saturated heterocycles. The van der Waals surface area contributed by atoms with Crippen LogP contribution in [-0.2, 0) is 54.2 Å². The summed E-state index contributed by atoms with van der Waals surface area (Å²) in [6.07, 6.45) is -4.09. The number of nitrogens with one attached hydrogen (secondary N) is 1. The first-order valence-electron chi connectivity index (χ1n) is 17.9. The van der Waals surface area contributed by atoms with E-state index in [1.807, 2.05) is 30.3 Å². The summed E-state index contributed by atoms with van der Waals surface area (Å²) in [4.78, 5) is 92.7. The molecule has 4 aromatic heterocycles. The summed E-state index contributed by atoms with van der Waals surface area (Å²) in [5.74, 6) is -4.27. The van der Waals surface area contributed by atoms with Gasteiger partial charge in [0.15, 0.2) is 24.5 Å². The summed E-state index contributed by atoms with van der Waals surface area (Å²) in [6.45, 7) is 3.91. The summed E-state index contributed by atoms with van der Waals surface area (Å²) in [5.41, 5.74) is 2.30. The van der Waals surface area contributed by atoms with Crippen molar-refractivity contribution in [2.45, 2.75) is 64.9 Å². The van der Waals surface area contributed by atoms with Crippen LogP contribution in [0.3, 0.4) is 0 Å². The average Bonchev–Trinajstić information content (AvgIpc) is 3.80. The SMILES string of the molecule is CC(=O)OC[C@H]1O[C@@H](n2c3ncccc3c3c4c(c5c6cccnc6[nH]c5c32)C(=O)N(COCc2ccccc2)C4=O)[C@H](OC(C)=O)[C@@H](OC(C)=O)[C@@H]1OC(C)=O. The molecule has 0 bridgehead atoms. The lowest BCUT2D eigenvalue weighted by molar-refractivity contribution is -0.267. The summed E-state index contributed by atoms with van der Waals surface area (Å²) in [6, 6.07) is 16.1. The Balaban J connectivity index is 1.39. The standard InChI is InChI=1S/C40H35N5O12/c1-19(46)53-17-26-33(54-20(2)47)34(55-21(3)48)35(56-22(4)49)40(57-26)45-32-28(25-13-9-15-42-37(25)45)30-29(27-24-12-8-14-41-36(24)43-31(27)32)38(50)44(39(30)51)18-52-16-23-10-6-5-7-11-23/h5-15,26,33-35,40H,16-18H2,1-4H3,(H,41,43)/t26-,33-,34+,35-,40-/m1/s1. The van der Waals surface area contributed by atoms with E-state index in [-0.39, 0.29) is 30.1 Å². The molecule has 0 unspecified atom stereocenters. The van der Waals surface area contributed by atoms with Crippen molar-refractivity contribution in [3.8, 4) is 0 Å². The number of benzene rings is 2. The number of H-pyrrole nitrogens is 1. The summed E-state index contributed by atoms with van der Waals surface area (Å²) >= 11 is 0. The smallest absolute Gasteiger partial charge is 0.303 e. The normalized spacial score (nSPS) is 20.6. The highest BCUT2D eigenvalue weighted by Crippen LogP contribution is 2.47. The molecule has 6 aromatic rings. The van der Waals surface area contributed by atoms with Gasteiger partial charge in [0.05, 0.1) is 28.8 Å². The van der Waals surface area contributed by atoms with Gasteiger partial charge in [-0.15, -0.1) is 0 Å². The average molecular weight is 778 g/mol. The highest BCUT2D eigenvalue weighted by molar-refractivity contribution is 6.39. The third-order valence-corrected chi connectivity index (χ3v) is 9.79. The molecular weight excluding hydrogens is 742 g/mol. The molecule has 0 radical (unpaired) electrons. The van der Waals surface area contributed by atoms with Crippen molar-refractivity contribution in [3.05, 3.63) is 83.7 Å². The van der Waals surface area contributed by atoms with Gasteiger partial charge in [0.25, 0.3) is 11.8 Å². The number of fused-ring (bicyclic) bond motifs is 10. The van der Waals surface area contributed by atoms with Gasteiger partial charge in [0.2, 0.25) is 0 Å². The number of carbonyl (C=O) groups is 6. The van der Waals surface area contributed by atoms with E-state index >= 15 is 0 Å². The molecule has 2 aromatic carbocycles. The summed E-state index contributed by atoms with van der Waals surface area (Å²) in [5, 5.41) is 1.63. The monoisotopic (exact) mass is 777 g/mol. The van der Waals surface area contributed by atoms with Gasteiger partial charge in [-0.3, -0.25) is 33.3 Å². The number of pyridine rings is 2. The van der Waals surface area contributed by atoms with E-state index in [0.29, 0.717) is 38.2 Å². The first-order valence-corrected chi connectivity index (χ1v) is 17.9. The van der Waals surface area contributed by atoms with Crippen molar-refractivity contribution < 1.29 is 57.2 Å². The van der Waals surface area contributed by atoms with Crippen LogP contribution in [0.1, 0.15) is 60.2 Å². The van der Waals surface area contributed by atoms with Gasteiger partial charge in [-0.05, 0) is 29.8 Å². The molecular formula is C40H35N5O12. The van der Waals surface area contributed by atoms with Crippen molar-refractivity contribution in [1.82, 2.24) is 24.4 Å². The van der Waals surface area contributed by atoms with E-state index in [9.17, 15) is 28.8 Å². The van der Waals surface area contributed by atoms with Crippen molar-refractivity contribution in [2.24, 2.45) is 0 Å². The van der Waals surface area contributed by atoms with Crippen LogP contribution in [0.25, 0.3) is 43.9 Å². The molecule has 17 heteroatoms. The number of carbonyl (C=O) groups excluding carboxylic acids is 6. The quantitative estimate of drug-likeness (QED) is 0.117. The third kappa shape index (κ3) is 6.49. The molecule has 8 rings (SSSR count). The van der Waals surface area contributed by atoms with Gasteiger partial charge in [-0.1, -0.05) is 30.3 Å². The maximum absolute atomic E-state index is 14.6. The Labute approximate surface area is 322 Å². The Hall–Kier alpha value is -6.72. The number of amides is 2. The number of imide groups is 1. The minimum absolute atomic E-state index is 0.0675. The van der Waals surface area contributed by atoms with Crippen molar-refractivity contribution >= 4 is 79.6 Å². The lowest BCUT2D eigenvalue weighted by Gasteiger charge is -2.45. The van der Waals surface area contributed by atoms with Gasteiger partial charge in [0.1, 0.15) is 30.7 Å². The molecule has 5 atom stereocenters. The van der Waals surface area contributed by atoms with Crippen molar-refractivity contribution in [2.75, 3.05) is 13.3 Å². The minimum Gasteiger partial charge on any atom is -0.463 e. The fourth-order valence-corrected chi connectivity index (χ4v) is 7.74. The number of aromatic amines is 1. The predicted octanol–water partition coefficient (Wildman–Crippen LogP) is 4.24. The molecule has 2 aliphatic rings. The fourth-order valence-electron chi connectivity index (χ4n) is 7.74. The second-order valence-corrected chi connectivity index (χ2v) is 13.6. The van der Waals surface area contributed by atoms with Crippen LogP contribution in [0.2, 0.25) is 0 Å². The highest BCUT2D eigenvalue weighted by Gasteiger charge is 2.54. The molecule has 2 aliphatic heterocycles. The number of rotatable bonds is 10. The number of hydrogen-bond acceptors (Lipinski definition) is 14. The maximum Gasteiger partial charge on any atom is 0.303 e. The van der Waals surface area contributed by atoms with Crippen LogP contribution in [0.4, 0.5) is 0 Å². The molecule has 1 fully saturated rings. The molecule has 2 amide bonds. The van der Waals surface area contributed by atoms with Gasteiger partial charge in [-0.25, -0.2) is 14.9 Å². The Morgan fingerprint density at radius 2 is 1.37 bits per heavy atom. The van der Waals surface area contributed by atoms with Crippen LogP contribution in [0.5, 0.6) is 0 Å². The first kappa shape index (κ1) is 37.2. The highest BCUT2D eigenvalue weighted by atomic mass is 16.7. The summed E-state index contributed by atoms with van der Waals surface area (Å²) in [7, 11) is 0. The fraction of sp³-hybridized carbons (Fsp3) is 0.300. The van der Waals surface area contributed by atoms with Crippen LogP contribution < -0.4 is 0 Å². The molecule has 1 N–H and O–H groups in total. The van der Waals surface area contributed by atoms with E-state index < -0.39 is 72.9 Å². The third-order valence-electron chi connectivity index (χ3n) is 9.79. The van der Waals surface area contributed by atoms with E-state index in [4.69, 9.17) is 33.4 Å². The molecule has 0 aliphatic carbocycles. The van der Waals surface area contributed by atoms with Crippen molar-refractivity contribution in [1.29, 1.82) is 0 Å². The Kier molecular flexibility index (Phi) is 9.62. The number of hydrogen-bond donors (Lipinski definition) is 1. The molecule has 292 valence electrons. The zero-order chi connectivity index (χ0) is 40.1. The largest absolute Gasteiger partial charge is 0.463 e. The topological polar surface area (TPSA) is 208 Å². The van der Waals surface area contributed by atoms with Gasteiger partial charge in [0, 0.05) is 61.6 Å². The molecule has 57 heavy (non-hydrogen) atoms. The molecule has 17 nitrogen and oxygen atoms in total. The van der Waals surface area contributed by atoms with Crippen LogP contribution in [0.15, 0.2) is 67.0 Å². The van der Waals surface area contributed by atoms with Gasteiger partial charge >= 0.3 is 23.9 Å². The van der Waals surface area contributed by atoms with Crippen LogP contribution in [-0.4, -0.2) is 97.9 Å². The minimum atomic E-state index is -1.52. The first-order chi connectivity index (χ1) is 27.4. The van der Waals surface area contributed by atoms with Crippen LogP contribution in [0, 0.1) is 0 Å². The lowest BCUT2D eigenvalue weighted by Crippen LogP contribution is -2.60. The number of aromatic nitrogens is 4. The second kappa shape index (κ2) is 14.7. The molecule has 0 saturated carbocycles. The number of esters is 4. The van der Waals surface area contributed by atoms with E-state index in [1.165, 1.54) is 13.1 Å². The van der Waals surface area contributed by atoms with Gasteiger partial charge in [-0.2, -0.15) is 0 Å².